The molecule has 2 heteroatoms. The van der Waals surface area contributed by atoms with E-state index in [0.29, 0.717) is 11.8 Å². The predicted molar refractivity (Wildman–Crippen MR) is 91.7 cm³/mol. The van der Waals surface area contributed by atoms with Crippen molar-refractivity contribution >= 4 is 28.3 Å². The van der Waals surface area contributed by atoms with Crippen LogP contribution in [0.15, 0.2) is 54.6 Å². The second-order valence-electron chi connectivity index (χ2n) is 5.15. The Morgan fingerprint density at radius 1 is 1.00 bits per heavy atom. The van der Waals surface area contributed by atoms with Crippen molar-refractivity contribution in [1.29, 1.82) is 0 Å². The SMILES string of the molecule is CC(C)C(CNc1cccc(I)c1)c1ccccc1. The molecule has 0 fully saturated rings. The topological polar surface area (TPSA) is 12.0 Å². The first kappa shape index (κ1) is 14.4. The molecule has 19 heavy (non-hydrogen) atoms. The highest BCUT2D eigenvalue weighted by molar-refractivity contribution is 14.1. The summed E-state index contributed by atoms with van der Waals surface area (Å²) in [5.41, 5.74) is 2.61. The second-order valence-corrected chi connectivity index (χ2v) is 6.40. The van der Waals surface area contributed by atoms with Gasteiger partial charge < -0.3 is 5.32 Å². The average Bonchev–Trinajstić information content (AvgIpc) is 2.40. The van der Waals surface area contributed by atoms with Gasteiger partial charge in [0.05, 0.1) is 0 Å². The average molecular weight is 365 g/mol. The first-order valence-electron chi connectivity index (χ1n) is 6.71. The number of hydrogen-bond donors (Lipinski definition) is 1. The monoisotopic (exact) mass is 365 g/mol. The van der Waals surface area contributed by atoms with Gasteiger partial charge >= 0.3 is 0 Å². The fourth-order valence-corrected chi connectivity index (χ4v) is 2.81. The lowest BCUT2D eigenvalue weighted by molar-refractivity contribution is 0.517. The van der Waals surface area contributed by atoms with Gasteiger partial charge in [0.1, 0.15) is 0 Å². The number of hydrogen-bond acceptors (Lipinski definition) is 1. The Balaban J connectivity index is 2.06. The lowest BCUT2D eigenvalue weighted by Crippen LogP contribution is -2.17. The molecule has 2 rings (SSSR count). The van der Waals surface area contributed by atoms with Crippen LogP contribution in [0.4, 0.5) is 5.69 Å². The standard InChI is InChI=1S/C17H20IN/c1-13(2)17(14-7-4-3-5-8-14)12-19-16-10-6-9-15(18)11-16/h3-11,13,17,19H,12H2,1-2H3. The van der Waals surface area contributed by atoms with Crippen LogP contribution >= 0.6 is 22.6 Å². The quantitative estimate of drug-likeness (QED) is 0.724. The summed E-state index contributed by atoms with van der Waals surface area (Å²) >= 11 is 2.35. The van der Waals surface area contributed by atoms with Crippen molar-refractivity contribution in [2.45, 2.75) is 19.8 Å². The first-order valence-corrected chi connectivity index (χ1v) is 7.79. The molecule has 0 radical (unpaired) electrons. The van der Waals surface area contributed by atoms with Gasteiger partial charge in [-0.2, -0.15) is 0 Å². The Bertz CT molecular complexity index is 508. The lowest BCUT2D eigenvalue weighted by Gasteiger charge is -2.22. The summed E-state index contributed by atoms with van der Waals surface area (Å²) in [5, 5.41) is 3.56. The van der Waals surface area contributed by atoms with Gasteiger partial charge in [-0.15, -0.1) is 0 Å². The number of anilines is 1. The third kappa shape index (κ3) is 4.23. The summed E-state index contributed by atoms with van der Waals surface area (Å²) in [7, 11) is 0. The summed E-state index contributed by atoms with van der Waals surface area (Å²) in [6, 6.07) is 19.3. The molecule has 1 atom stereocenters. The highest BCUT2D eigenvalue weighted by Crippen LogP contribution is 2.25. The number of nitrogens with one attached hydrogen (secondary N) is 1. The molecule has 1 unspecified atom stereocenters. The zero-order valence-electron chi connectivity index (χ0n) is 11.4. The van der Waals surface area contributed by atoms with Gasteiger partial charge in [0.15, 0.2) is 0 Å². The van der Waals surface area contributed by atoms with Gasteiger partial charge in [0.25, 0.3) is 0 Å². The third-order valence-corrected chi connectivity index (χ3v) is 4.05. The number of benzene rings is 2. The van der Waals surface area contributed by atoms with Crippen molar-refractivity contribution in [1.82, 2.24) is 0 Å². The smallest absolute Gasteiger partial charge is 0.0350 e. The number of halogens is 1. The molecule has 1 nitrogen and oxygen atoms in total. The van der Waals surface area contributed by atoms with Crippen LogP contribution < -0.4 is 5.32 Å². The highest BCUT2D eigenvalue weighted by atomic mass is 127. The Hall–Kier alpha value is -1.03. The minimum absolute atomic E-state index is 0.541. The van der Waals surface area contributed by atoms with Crippen LogP contribution in [-0.4, -0.2) is 6.54 Å². The van der Waals surface area contributed by atoms with E-state index in [2.05, 4.69) is 96.4 Å². The largest absolute Gasteiger partial charge is 0.384 e. The van der Waals surface area contributed by atoms with Crippen LogP contribution in [0, 0.1) is 9.49 Å². The molecule has 0 aliphatic heterocycles. The van der Waals surface area contributed by atoms with E-state index in [4.69, 9.17) is 0 Å². The van der Waals surface area contributed by atoms with Crippen molar-refractivity contribution < 1.29 is 0 Å². The molecule has 0 amide bonds. The van der Waals surface area contributed by atoms with Crippen LogP contribution in [0.1, 0.15) is 25.3 Å². The van der Waals surface area contributed by atoms with Gasteiger partial charge in [0.2, 0.25) is 0 Å². The van der Waals surface area contributed by atoms with E-state index in [-0.39, 0.29) is 0 Å². The van der Waals surface area contributed by atoms with Gasteiger partial charge in [-0.05, 0) is 52.3 Å². The Morgan fingerprint density at radius 3 is 2.37 bits per heavy atom. The normalized spacial score (nSPS) is 12.4. The molecule has 1 N–H and O–H groups in total. The predicted octanol–water partition coefficient (Wildman–Crippen LogP) is 5.14. The van der Waals surface area contributed by atoms with Crippen molar-refractivity contribution in [3.8, 4) is 0 Å². The minimum Gasteiger partial charge on any atom is -0.384 e. The molecule has 100 valence electrons. The summed E-state index contributed by atoms with van der Waals surface area (Å²) < 4.78 is 1.27. The molecule has 0 spiro atoms. The minimum atomic E-state index is 0.541. The fraction of sp³-hybridized carbons (Fsp3) is 0.294. The van der Waals surface area contributed by atoms with Crippen molar-refractivity contribution in [3.05, 3.63) is 63.7 Å². The van der Waals surface area contributed by atoms with E-state index in [1.807, 2.05) is 0 Å². The molecule has 2 aromatic carbocycles. The summed E-state index contributed by atoms with van der Waals surface area (Å²) in [5.74, 6) is 1.16. The van der Waals surface area contributed by atoms with E-state index < -0.39 is 0 Å². The second kappa shape index (κ2) is 6.94. The number of rotatable bonds is 5. The molecule has 0 bridgehead atoms. The Kier molecular flexibility index (Phi) is 5.25. The lowest BCUT2D eigenvalue weighted by atomic mass is 9.88. The van der Waals surface area contributed by atoms with Gasteiger partial charge in [-0.1, -0.05) is 50.2 Å². The van der Waals surface area contributed by atoms with E-state index in [9.17, 15) is 0 Å². The molecule has 2 aromatic rings. The summed E-state index contributed by atoms with van der Waals surface area (Å²) in [6.07, 6.45) is 0. The maximum atomic E-state index is 3.56. The molecular weight excluding hydrogens is 345 g/mol. The maximum absolute atomic E-state index is 3.56. The molecule has 0 aliphatic carbocycles. The van der Waals surface area contributed by atoms with E-state index in [1.54, 1.807) is 0 Å². The van der Waals surface area contributed by atoms with Crippen LogP contribution in [0.5, 0.6) is 0 Å². The highest BCUT2D eigenvalue weighted by Gasteiger charge is 2.15. The van der Waals surface area contributed by atoms with Crippen LogP contribution in [0.3, 0.4) is 0 Å². The van der Waals surface area contributed by atoms with Gasteiger partial charge in [0, 0.05) is 21.7 Å². The van der Waals surface area contributed by atoms with Crippen LogP contribution in [-0.2, 0) is 0 Å². The van der Waals surface area contributed by atoms with Crippen LogP contribution in [0.2, 0.25) is 0 Å². The molecule has 0 aliphatic rings. The van der Waals surface area contributed by atoms with Crippen LogP contribution in [0.25, 0.3) is 0 Å². The van der Waals surface area contributed by atoms with Gasteiger partial charge in [-0.3, -0.25) is 0 Å². The van der Waals surface area contributed by atoms with E-state index in [0.717, 1.165) is 6.54 Å². The van der Waals surface area contributed by atoms with Crippen molar-refractivity contribution in [2.24, 2.45) is 5.92 Å². The maximum Gasteiger partial charge on any atom is 0.0350 e. The molecule has 0 heterocycles. The zero-order valence-corrected chi connectivity index (χ0v) is 13.6. The molecule has 0 aromatic heterocycles. The van der Waals surface area contributed by atoms with E-state index >= 15 is 0 Å². The Labute approximate surface area is 129 Å². The third-order valence-electron chi connectivity index (χ3n) is 3.38. The van der Waals surface area contributed by atoms with Crippen molar-refractivity contribution in [2.75, 3.05) is 11.9 Å². The van der Waals surface area contributed by atoms with Gasteiger partial charge in [-0.25, -0.2) is 0 Å². The van der Waals surface area contributed by atoms with Crippen molar-refractivity contribution in [3.63, 3.8) is 0 Å². The molecule has 0 saturated carbocycles. The molecular formula is C17H20IN. The Morgan fingerprint density at radius 2 is 1.74 bits per heavy atom. The van der Waals surface area contributed by atoms with E-state index in [1.165, 1.54) is 14.8 Å². The fourth-order valence-electron chi connectivity index (χ4n) is 2.26. The molecule has 0 saturated heterocycles. The zero-order chi connectivity index (χ0) is 13.7. The first-order chi connectivity index (χ1) is 9.16. The summed E-state index contributed by atoms with van der Waals surface area (Å²) in [4.78, 5) is 0. The summed E-state index contributed by atoms with van der Waals surface area (Å²) in [6.45, 7) is 5.55.